The second-order valence-electron chi connectivity index (χ2n) is 10.1. The van der Waals surface area contributed by atoms with Crippen molar-refractivity contribution in [3.05, 3.63) is 77.1 Å². The van der Waals surface area contributed by atoms with E-state index in [1.165, 1.54) is 0 Å². The van der Waals surface area contributed by atoms with Crippen molar-refractivity contribution < 1.29 is 12.8 Å². The van der Waals surface area contributed by atoms with Crippen molar-refractivity contribution in [2.45, 2.75) is 51.6 Å². The Morgan fingerprint density at radius 1 is 1.05 bits per heavy atom. The predicted molar refractivity (Wildman–Crippen MR) is 154 cm³/mol. The van der Waals surface area contributed by atoms with E-state index in [0.29, 0.717) is 31.2 Å². The molecule has 39 heavy (non-hydrogen) atoms. The monoisotopic (exact) mass is 548 g/mol. The van der Waals surface area contributed by atoms with Gasteiger partial charge >= 0.3 is 0 Å². The molecule has 204 valence electrons. The summed E-state index contributed by atoms with van der Waals surface area (Å²) in [5, 5.41) is 7.24. The number of fused-ring (bicyclic) bond motifs is 1. The van der Waals surface area contributed by atoms with Gasteiger partial charge in [0.1, 0.15) is 12.0 Å². The van der Waals surface area contributed by atoms with Gasteiger partial charge in [-0.15, -0.1) is 0 Å². The summed E-state index contributed by atoms with van der Waals surface area (Å²) in [5.41, 5.74) is 6.15. The first-order valence-electron chi connectivity index (χ1n) is 13.1. The van der Waals surface area contributed by atoms with Crippen LogP contribution in [-0.4, -0.2) is 48.7 Å². The molecule has 0 spiro atoms. The standard InChI is InChI=1S/C29H33FN6O2S/c1-4-20-11-22(12-23-14-32-29(35-28(20)23)34-25-13-24(30)15-31-16-25)26-9-10-27(33-19(26)3)36-39(37,38)17-21-8-6-5-7-18(21)2/h5-12,14,24-25,31H,4,13,15-17H2,1-3H3,(H,33,36)(H,32,34,35)/t24-,25-/m0/s1. The number of hydrogen-bond donors (Lipinski definition) is 3. The number of piperidine rings is 1. The summed E-state index contributed by atoms with van der Waals surface area (Å²) in [7, 11) is -3.62. The number of aryl methyl sites for hydroxylation is 3. The number of alkyl halides is 1. The third-order valence-corrected chi connectivity index (χ3v) is 8.25. The van der Waals surface area contributed by atoms with E-state index in [4.69, 9.17) is 4.98 Å². The van der Waals surface area contributed by atoms with Crippen LogP contribution < -0.4 is 15.4 Å². The van der Waals surface area contributed by atoms with Gasteiger partial charge in [-0.3, -0.25) is 4.72 Å². The van der Waals surface area contributed by atoms with Crippen LogP contribution in [0.3, 0.4) is 0 Å². The summed E-state index contributed by atoms with van der Waals surface area (Å²) in [6, 6.07) is 15.1. The Balaban J connectivity index is 1.38. The Hall–Kier alpha value is -3.63. The van der Waals surface area contributed by atoms with Gasteiger partial charge in [0.05, 0.1) is 11.3 Å². The molecule has 2 aromatic heterocycles. The topological polar surface area (TPSA) is 109 Å². The lowest BCUT2D eigenvalue weighted by Crippen LogP contribution is -2.44. The van der Waals surface area contributed by atoms with Gasteiger partial charge < -0.3 is 10.6 Å². The van der Waals surface area contributed by atoms with Crippen molar-refractivity contribution in [2.75, 3.05) is 23.1 Å². The zero-order chi connectivity index (χ0) is 27.6. The summed E-state index contributed by atoms with van der Waals surface area (Å²) in [6.45, 7) is 6.89. The molecular weight excluding hydrogens is 515 g/mol. The van der Waals surface area contributed by atoms with Gasteiger partial charge in [0.25, 0.3) is 0 Å². The smallest absolute Gasteiger partial charge is 0.238 e. The van der Waals surface area contributed by atoms with Gasteiger partial charge in [-0.2, -0.15) is 0 Å². The molecule has 3 heterocycles. The first-order chi connectivity index (χ1) is 18.7. The second kappa shape index (κ2) is 11.2. The minimum Gasteiger partial charge on any atom is -0.350 e. The molecule has 0 saturated carbocycles. The van der Waals surface area contributed by atoms with Crippen molar-refractivity contribution in [3.8, 4) is 11.1 Å². The van der Waals surface area contributed by atoms with Gasteiger partial charge in [0, 0.05) is 48.4 Å². The van der Waals surface area contributed by atoms with Crippen molar-refractivity contribution >= 4 is 32.7 Å². The average molecular weight is 549 g/mol. The average Bonchev–Trinajstić information content (AvgIpc) is 2.89. The molecule has 0 bridgehead atoms. The van der Waals surface area contributed by atoms with Crippen LogP contribution in [0.5, 0.6) is 0 Å². The van der Waals surface area contributed by atoms with E-state index in [-0.39, 0.29) is 17.6 Å². The molecule has 0 aliphatic carbocycles. The number of aromatic nitrogens is 3. The minimum absolute atomic E-state index is 0.0584. The van der Waals surface area contributed by atoms with E-state index in [1.54, 1.807) is 12.3 Å². The van der Waals surface area contributed by atoms with Crippen LogP contribution in [0.2, 0.25) is 0 Å². The molecule has 1 saturated heterocycles. The highest BCUT2D eigenvalue weighted by molar-refractivity contribution is 7.91. The lowest BCUT2D eigenvalue weighted by Gasteiger charge is -2.26. The number of halogens is 1. The van der Waals surface area contributed by atoms with E-state index in [1.807, 2.05) is 50.2 Å². The minimum atomic E-state index is -3.62. The Labute approximate surface area is 228 Å². The van der Waals surface area contributed by atoms with E-state index in [2.05, 4.69) is 38.3 Å². The molecule has 0 unspecified atom stereocenters. The highest BCUT2D eigenvalue weighted by Gasteiger charge is 2.22. The lowest BCUT2D eigenvalue weighted by atomic mass is 9.98. The maximum Gasteiger partial charge on any atom is 0.238 e. The number of hydrogen-bond acceptors (Lipinski definition) is 7. The number of sulfonamides is 1. The van der Waals surface area contributed by atoms with Gasteiger partial charge in [0.15, 0.2) is 0 Å². The zero-order valence-electron chi connectivity index (χ0n) is 22.3. The Kier molecular flexibility index (Phi) is 7.76. The molecule has 1 aliphatic rings. The SMILES string of the molecule is CCc1cc(-c2ccc(NS(=O)(=O)Cc3ccccc3C)nc2C)cc2cnc(N[C@@H]3CNC[C@@H](F)C3)nc12. The fraction of sp³-hybridized carbons (Fsp3) is 0.345. The number of nitrogens with zero attached hydrogens (tertiary/aromatic N) is 3. The van der Waals surface area contributed by atoms with Crippen LogP contribution in [0.1, 0.15) is 35.7 Å². The van der Waals surface area contributed by atoms with E-state index in [0.717, 1.165) is 45.1 Å². The van der Waals surface area contributed by atoms with E-state index >= 15 is 0 Å². The Bertz CT molecular complexity index is 1610. The fourth-order valence-electron chi connectivity index (χ4n) is 4.99. The second-order valence-corrected chi connectivity index (χ2v) is 11.8. The fourth-order valence-corrected chi connectivity index (χ4v) is 6.23. The molecule has 5 rings (SSSR count). The van der Waals surface area contributed by atoms with Crippen molar-refractivity contribution in [1.82, 2.24) is 20.3 Å². The molecule has 8 nitrogen and oxygen atoms in total. The van der Waals surface area contributed by atoms with Crippen LogP contribution >= 0.6 is 0 Å². The van der Waals surface area contributed by atoms with Crippen LogP contribution in [0.15, 0.2) is 54.7 Å². The van der Waals surface area contributed by atoms with Crippen LogP contribution in [0.25, 0.3) is 22.0 Å². The maximum absolute atomic E-state index is 13.8. The molecule has 2 aromatic carbocycles. The molecule has 1 fully saturated rings. The molecule has 10 heteroatoms. The van der Waals surface area contributed by atoms with Crippen LogP contribution in [-0.2, 0) is 22.2 Å². The summed E-state index contributed by atoms with van der Waals surface area (Å²) in [4.78, 5) is 13.8. The maximum atomic E-state index is 13.8. The molecule has 2 atom stereocenters. The Morgan fingerprint density at radius 3 is 2.62 bits per heavy atom. The normalized spacial score (nSPS) is 17.7. The lowest BCUT2D eigenvalue weighted by molar-refractivity contribution is 0.254. The van der Waals surface area contributed by atoms with Crippen LogP contribution in [0, 0.1) is 13.8 Å². The third kappa shape index (κ3) is 6.34. The first kappa shape index (κ1) is 27.0. The zero-order valence-corrected chi connectivity index (χ0v) is 23.1. The number of nitrogens with one attached hydrogen (secondary N) is 3. The highest BCUT2D eigenvalue weighted by atomic mass is 32.2. The molecule has 4 aromatic rings. The van der Waals surface area contributed by atoms with E-state index < -0.39 is 16.2 Å². The predicted octanol–water partition coefficient (Wildman–Crippen LogP) is 4.92. The van der Waals surface area contributed by atoms with Crippen molar-refractivity contribution in [3.63, 3.8) is 0 Å². The summed E-state index contributed by atoms with van der Waals surface area (Å²) in [6.07, 6.45) is 2.10. The quantitative estimate of drug-likeness (QED) is 0.287. The summed E-state index contributed by atoms with van der Waals surface area (Å²) < 4.78 is 42.0. The van der Waals surface area contributed by atoms with Gasteiger partial charge in [-0.05, 0) is 66.8 Å². The summed E-state index contributed by atoms with van der Waals surface area (Å²) >= 11 is 0. The molecular formula is C29H33FN6O2S. The van der Waals surface area contributed by atoms with E-state index in [9.17, 15) is 12.8 Å². The van der Waals surface area contributed by atoms with Gasteiger partial charge in [-0.25, -0.2) is 27.8 Å². The third-order valence-electron chi connectivity index (χ3n) is 7.04. The molecule has 1 aliphatic heterocycles. The Morgan fingerprint density at radius 2 is 1.87 bits per heavy atom. The van der Waals surface area contributed by atoms with Crippen molar-refractivity contribution in [1.29, 1.82) is 0 Å². The molecule has 0 radical (unpaired) electrons. The molecule has 3 N–H and O–H groups in total. The number of benzene rings is 2. The molecule has 0 amide bonds. The highest BCUT2D eigenvalue weighted by Crippen LogP contribution is 2.30. The number of anilines is 2. The number of rotatable bonds is 8. The number of pyridine rings is 1. The van der Waals surface area contributed by atoms with Gasteiger partial charge in [-0.1, -0.05) is 31.2 Å². The first-order valence-corrected chi connectivity index (χ1v) is 14.8. The summed E-state index contributed by atoms with van der Waals surface area (Å²) in [5.74, 6) is 0.661. The van der Waals surface area contributed by atoms with Crippen LogP contribution in [0.4, 0.5) is 16.2 Å². The largest absolute Gasteiger partial charge is 0.350 e. The van der Waals surface area contributed by atoms with Crippen molar-refractivity contribution in [2.24, 2.45) is 0 Å². The van der Waals surface area contributed by atoms with Gasteiger partial charge in [0.2, 0.25) is 16.0 Å².